The highest BCUT2D eigenvalue weighted by Crippen LogP contribution is 2.19. The molecule has 0 aliphatic carbocycles. The maximum Gasteiger partial charge on any atom is 0.224 e. The van der Waals surface area contributed by atoms with Crippen LogP contribution < -0.4 is 10.2 Å². The number of benzene rings is 1. The summed E-state index contributed by atoms with van der Waals surface area (Å²) in [4.78, 5) is 11.0. The zero-order chi connectivity index (χ0) is 14.5. The van der Waals surface area contributed by atoms with Crippen LogP contribution in [0, 0.1) is 13.8 Å². The maximum atomic E-state index is 4.59. The van der Waals surface area contributed by atoms with Crippen LogP contribution in [0.1, 0.15) is 23.6 Å². The van der Waals surface area contributed by atoms with Gasteiger partial charge in [0.2, 0.25) is 5.95 Å². The number of anilines is 2. The summed E-state index contributed by atoms with van der Waals surface area (Å²) in [5.41, 5.74) is 3.71. The lowest BCUT2D eigenvalue weighted by Gasteiger charge is -2.21. The molecule has 106 valence electrons. The molecule has 1 heterocycles. The second-order valence-electron chi connectivity index (χ2n) is 5.01. The summed E-state index contributed by atoms with van der Waals surface area (Å²) in [6.45, 7) is 7.89. The van der Waals surface area contributed by atoms with Crippen LogP contribution in [0.3, 0.4) is 0 Å². The Hall–Kier alpha value is -2.10. The van der Waals surface area contributed by atoms with Crippen LogP contribution in [-0.4, -0.2) is 23.6 Å². The second-order valence-corrected chi connectivity index (χ2v) is 5.01. The molecule has 1 aromatic carbocycles. The number of nitrogens with one attached hydrogen (secondary N) is 1. The first kappa shape index (κ1) is 14.3. The zero-order valence-corrected chi connectivity index (χ0v) is 12.6. The Morgan fingerprint density at radius 1 is 1.15 bits per heavy atom. The molecule has 0 atom stereocenters. The molecule has 2 rings (SSSR count). The van der Waals surface area contributed by atoms with E-state index < -0.39 is 0 Å². The molecule has 0 saturated carbocycles. The summed E-state index contributed by atoms with van der Waals surface area (Å²) in [6, 6.07) is 8.44. The summed E-state index contributed by atoms with van der Waals surface area (Å²) < 4.78 is 0. The van der Waals surface area contributed by atoms with Crippen molar-refractivity contribution < 1.29 is 0 Å². The molecule has 4 heteroatoms. The Morgan fingerprint density at radius 2 is 1.90 bits per heavy atom. The van der Waals surface area contributed by atoms with E-state index in [1.165, 1.54) is 11.1 Å². The summed E-state index contributed by atoms with van der Waals surface area (Å²) in [6.07, 6.45) is 1.87. The fraction of sp³-hybridized carbons (Fsp3) is 0.375. The van der Waals surface area contributed by atoms with Gasteiger partial charge in [0.15, 0.2) is 0 Å². The van der Waals surface area contributed by atoms with Crippen LogP contribution in [0.4, 0.5) is 11.8 Å². The molecule has 0 unspecified atom stereocenters. The lowest BCUT2D eigenvalue weighted by atomic mass is 10.1. The van der Waals surface area contributed by atoms with E-state index in [1.54, 1.807) is 0 Å². The molecule has 0 amide bonds. The number of nitrogens with zero attached hydrogens (tertiary/aromatic N) is 3. The fourth-order valence-electron chi connectivity index (χ4n) is 2.18. The third-order valence-electron chi connectivity index (χ3n) is 3.31. The Balaban J connectivity index is 2.22. The maximum absolute atomic E-state index is 4.59. The number of aromatic nitrogens is 2. The molecule has 4 nitrogen and oxygen atoms in total. The zero-order valence-electron chi connectivity index (χ0n) is 12.6. The van der Waals surface area contributed by atoms with Crippen molar-refractivity contribution in [3.05, 3.63) is 47.2 Å². The minimum Gasteiger partial charge on any atom is -0.355 e. The first-order valence-electron chi connectivity index (χ1n) is 6.95. The van der Waals surface area contributed by atoms with Crippen molar-refractivity contribution in [2.24, 2.45) is 0 Å². The second kappa shape index (κ2) is 6.37. The standard InChI is InChI=1S/C16H22N4/c1-5-17-16-18-10-13(3)15(19-16)20(4)11-14-9-7-6-8-12(14)2/h6-10H,5,11H2,1-4H3,(H,17,18,19). The van der Waals surface area contributed by atoms with Gasteiger partial charge in [0.05, 0.1) is 0 Å². The van der Waals surface area contributed by atoms with Gasteiger partial charge in [-0.3, -0.25) is 0 Å². The van der Waals surface area contributed by atoms with Crippen LogP contribution in [0.2, 0.25) is 0 Å². The first-order chi connectivity index (χ1) is 9.61. The van der Waals surface area contributed by atoms with Crippen molar-refractivity contribution in [1.29, 1.82) is 0 Å². The normalized spacial score (nSPS) is 10.4. The molecule has 2 aromatic rings. The van der Waals surface area contributed by atoms with Crippen LogP contribution >= 0.6 is 0 Å². The molecule has 0 radical (unpaired) electrons. The van der Waals surface area contributed by atoms with Gasteiger partial charge in [-0.05, 0) is 31.9 Å². The van der Waals surface area contributed by atoms with E-state index in [0.717, 1.165) is 24.5 Å². The van der Waals surface area contributed by atoms with Gasteiger partial charge in [-0.25, -0.2) is 4.98 Å². The molecular formula is C16H22N4. The van der Waals surface area contributed by atoms with Gasteiger partial charge in [-0.15, -0.1) is 0 Å². The molecule has 0 fully saturated rings. The highest BCUT2D eigenvalue weighted by molar-refractivity contribution is 5.49. The monoisotopic (exact) mass is 270 g/mol. The molecule has 20 heavy (non-hydrogen) atoms. The molecule has 1 aromatic heterocycles. The molecule has 0 spiro atoms. The smallest absolute Gasteiger partial charge is 0.224 e. The van der Waals surface area contributed by atoms with Crippen LogP contribution in [0.5, 0.6) is 0 Å². The van der Waals surface area contributed by atoms with E-state index in [1.807, 2.05) is 20.0 Å². The van der Waals surface area contributed by atoms with Gasteiger partial charge < -0.3 is 10.2 Å². The summed E-state index contributed by atoms with van der Waals surface area (Å²) in [5.74, 6) is 1.66. The van der Waals surface area contributed by atoms with E-state index in [9.17, 15) is 0 Å². The first-order valence-corrected chi connectivity index (χ1v) is 6.95. The van der Waals surface area contributed by atoms with Crippen molar-refractivity contribution in [2.75, 3.05) is 23.8 Å². The Bertz CT molecular complexity index is 580. The summed E-state index contributed by atoms with van der Waals surface area (Å²) >= 11 is 0. The number of rotatable bonds is 5. The third-order valence-corrected chi connectivity index (χ3v) is 3.31. The minimum atomic E-state index is 0.685. The van der Waals surface area contributed by atoms with Crippen molar-refractivity contribution in [2.45, 2.75) is 27.3 Å². The van der Waals surface area contributed by atoms with Gasteiger partial charge in [0.25, 0.3) is 0 Å². The van der Waals surface area contributed by atoms with Gasteiger partial charge in [0, 0.05) is 31.9 Å². The topological polar surface area (TPSA) is 41.1 Å². The molecule has 0 bridgehead atoms. The third kappa shape index (κ3) is 3.26. The highest BCUT2D eigenvalue weighted by Gasteiger charge is 2.10. The highest BCUT2D eigenvalue weighted by atomic mass is 15.2. The lowest BCUT2D eigenvalue weighted by molar-refractivity contribution is 0.875. The SMILES string of the molecule is CCNc1ncc(C)c(N(C)Cc2ccccc2C)n1. The van der Waals surface area contributed by atoms with Gasteiger partial charge in [-0.2, -0.15) is 4.98 Å². The number of aryl methyl sites for hydroxylation is 2. The lowest BCUT2D eigenvalue weighted by Crippen LogP contribution is -2.20. The van der Waals surface area contributed by atoms with Crippen LogP contribution in [0.15, 0.2) is 30.5 Å². The van der Waals surface area contributed by atoms with Gasteiger partial charge in [0.1, 0.15) is 5.82 Å². The van der Waals surface area contributed by atoms with E-state index in [0.29, 0.717) is 5.95 Å². The van der Waals surface area contributed by atoms with Crippen molar-refractivity contribution in [1.82, 2.24) is 9.97 Å². The Labute approximate surface area is 120 Å². The average molecular weight is 270 g/mol. The fourth-order valence-corrected chi connectivity index (χ4v) is 2.18. The molecule has 1 N–H and O–H groups in total. The molecule has 0 aliphatic heterocycles. The van der Waals surface area contributed by atoms with Gasteiger partial charge in [-0.1, -0.05) is 24.3 Å². The van der Waals surface area contributed by atoms with Crippen molar-refractivity contribution >= 4 is 11.8 Å². The quantitative estimate of drug-likeness (QED) is 0.906. The summed E-state index contributed by atoms with van der Waals surface area (Å²) in [5, 5.41) is 3.16. The van der Waals surface area contributed by atoms with E-state index >= 15 is 0 Å². The number of hydrogen-bond donors (Lipinski definition) is 1. The van der Waals surface area contributed by atoms with Crippen LogP contribution in [0.25, 0.3) is 0 Å². The summed E-state index contributed by atoms with van der Waals surface area (Å²) in [7, 11) is 2.07. The number of hydrogen-bond acceptors (Lipinski definition) is 4. The average Bonchev–Trinajstić information content (AvgIpc) is 2.43. The van der Waals surface area contributed by atoms with Gasteiger partial charge >= 0.3 is 0 Å². The Morgan fingerprint density at radius 3 is 2.60 bits per heavy atom. The van der Waals surface area contributed by atoms with Crippen LogP contribution in [-0.2, 0) is 6.54 Å². The predicted molar refractivity (Wildman–Crippen MR) is 84.2 cm³/mol. The largest absolute Gasteiger partial charge is 0.355 e. The minimum absolute atomic E-state index is 0.685. The Kier molecular flexibility index (Phi) is 4.56. The molecule has 0 saturated heterocycles. The van der Waals surface area contributed by atoms with E-state index in [2.05, 4.69) is 58.4 Å². The van der Waals surface area contributed by atoms with Crippen molar-refractivity contribution in [3.63, 3.8) is 0 Å². The van der Waals surface area contributed by atoms with E-state index in [4.69, 9.17) is 0 Å². The molecular weight excluding hydrogens is 248 g/mol. The molecule has 0 aliphatic rings. The predicted octanol–water partition coefficient (Wildman–Crippen LogP) is 3.16. The van der Waals surface area contributed by atoms with Crippen molar-refractivity contribution in [3.8, 4) is 0 Å². The van der Waals surface area contributed by atoms with E-state index in [-0.39, 0.29) is 0 Å².